The molecule has 2 aromatic rings. The number of aromatic nitrogens is 1. The first-order chi connectivity index (χ1) is 12.4. The van der Waals surface area contributed by atoms with Crippen LogP contribution in [0.1, 0.15) is 25.0 Å². The molecule has 7 nitrogen and oxygen atoms in total. The van der Waals surface area contributed by atoms with E-state index in [0.29, 0.717) is 18.2 Å². The molecular weight excluding hydrogens is 334 g/mol. The van der Waals surface area contributed by atoms with Crippen molar-refractivity contribution in [3.8, 4) is 11.6 Å². The maximum absolute atomic E-state index is 11.7. The third-order valence-electron chi connectivity index (χ3n) is 4.10. The number of hydrogen-bond donors (Lipinski definition) is 1. The van der Waals surface area contributed by atoms with Gasteiger partial charge >= 0.3 is 6.03 Å². The van der Waals surface area contributed by atoms with Crippen LogP contribution < -0.4 is 14.8 Å². The smallest absolute Gasteiger partial charge is 0.345 e. The van der Waals surface area contributed by atoms with Gasteiger partial charge in [-0.3, -0.25) is 4.84 Å². The van der Waals surface area contributed by atoms with Crippen LogP contribution in [0.4, 0.5) is 10.5 Å². The normalized spacial score (nSPS) is 14.3. The number of para-hydroxylation sites is 1. The quantitative estimate of drug-likeness (QED) is 0.831. The second-order valence-electron chi connectivity index (χ2n) is 6.73. The Morgan fingerprint density at radius 1 is 1.35 bits per heavy atom. The molecule has 0 bridgehead atoms. The van der Waals surface area contributed by atoms with E-state index in [1.54, 1.807) is 12.1 Å². The highest BCUT2D eigenvalue weighted by atomic mass is 16.7. The van der Waals surface area contributed by atoms with Gasteiger partial charge < -0.3 is 14.8 Å². The van der Waals surface area contributed by atoms with Crippen LogP contribution in [0.15, 0.2) is 36.5 Å². The number of anilines is 1. The molecule has 1 aromatic carbocycles. The fraction of sp³-hybridized carbons (Fsp3) is 0.368. The predicted octanol–water partition coefficient (Wildman–Crippen LogP) is 3.40. The molecule has 0 saturated heterocycles. The Kier molecular flexibility index (Phi) is 4.99. The van der Waals surface area contributed by atoms with Gasteiger partial charge in [-0.05, 0) is 25.5 Å². The zero-order valence-electron chi connectivity index (χ0n) is 15.4. The number of pyridine rings is 1. The van der Waals surface area contributed by atoms with Gasteiger partial charge in [0.25, 0.3) is 0 Å². The molecule has 26 heavy (non-hydrogen) atoms. The lowest BCUT2D eigenvalue weighted by atomic mass is 10.0. The number of hydrogen-bond acceptors (Lipinski definition) is 5. The van der Waals surface area contributed by atoms with Gasteiger partial charge in [0.05, 0.1) is 19.0 Å². The summed E-state index contributed by atoms with van der Waals surface area (Å²) in [5.74, 6) is 1.38. The molecule has 138 valence electrons. The number of nitrogens with one attached hydrogen (secondary N) is 1. The first kappa shape index (κ1) is 18.0. The standard InChI is InChI=1S/C19H23N3O4/c1-19(2)10-13-6-5-7-14(17(13)26-19)12-25-16-9-8-15(11-20-16)21-18(23)22(3)24-4/h5-9,11H,10,12H2,1-4H3,(H,21,23). The van der Waals surface area contributed by atoms with E-state index in [1.807, 2.05) is 12.1 Å². The summed E-state index contributed by atoms with van der Waals surface area (Å²) in [6.45, 7) is 4.52. The molecule has 2 heterocycles. The van der Waals surface area contributed by atoms with Gasteiger partial charge in [-0.1, -0.05) is 18.2 Å². The highest BCUT2D eigenvalue weighted by Gasteiger charge is 2.31. The minimum absolute atomic E-state index is 0.189. The fourth-order valence-electron chi connectivity index (χ4n) is 2.77. The molecule has 0 fully saturated rings. The predicted molar refractivity (Wildman–Crippen MR) is 97.2 cm³/mol. The summed E-state index contributed by atoms with van der Waals surface area (Å²) in [6, 6.07) is 9.13. The first-order valence-corrected chi connectivity index (χ1v) is 8.35. The first-order valence-electron chi connectivity index (χ1n) is 8.35. The molecule has 2 amide bonds. The van der Waals surface area contributed by atoms with E-state index >= 15 is 0 Å². The number of rotatable bonds is 5. The monoisotopic (exact) mass is 357 g/mol. The molecule has 3 rings (SSSR count). The summed E-state index contributed by atoms with van der Waals surface area (Å²) in [4.78, 5) is 20.7. The molecule has 0 unspecified atom stereocenters. The number of carbonyl (C=O) groups is 1. The van der Waals surface area contributed by atoms with E-state index in [-0.39, 0.29) is 11.6 Å². The lowest BCUT2D eigenvalue weighted by Crippen LogP contribution is -2.30. The Labute approximate surface area is 152 Å². The molecule has 1 aliphatic heterocycles. The molecule has 1 N–H and O–H groups in total. The average molecular weight is 357 g/mol. The van der Waals surface area contributed by atoms with E-state index in [1.165, 1.54) is 25.9 Å². The van der Waals surface area contributed by atoms with Crippen LogP contribution in [0.25, 0.3) is 0 Å². The lowest BCUT2D eigenvalue weighted by molar-refractivity contribution is -0.0598. The Morgan fingerprint density at radius 2 is 2.15 bits per heavy atom. The zero-order chi connectivity index (χ0) is 18.7. The highest BCUT2D eigenvalue weighted by Crippen LogP contribution is 2.37. The zero-order valence-corrected chi connectivity index (χ0v) is 15.4. The second-order valence-corrected chi connectivity index (χ2v) is 6.73. The molecule has 1 aliphatic rings. The lowest BCUT2D eigenvalue weighted by Gasteiger charge is -2.18. The third kappa shape index (κ3) is 4.05. The topological polar surface area (TPSA) is 72.9 Å². The van der Waals surface area contributed by atoms with Gasteiger partial charge in [-0.15, -0.1) is 0 Å². The van der Waals surface area contributed by atoms with Crippen molar-refractivity contribution in [1.29, 1.82) is 0 Å². The van der Waals surface area contributed by atoms with Gasteiger partial charge in [0, 0.05) is 25.1 Å². The summed E-state index contributed by atoms with van der Waals surface area (Å²) < 4.78 is 11.8. The van der Waals surface area contributed by atoms with Crippen molar-refractivity contribution >= 4 is 11.7 Å². The molecule has 7 heteroatoms. The number of ether oxygens (including phenoxy) is 2. The number of benzene rings is 1. The van der Waals surface area contributed by atoms with Crippen molar-refractivity contribution in [2.24, 2.45) is 0 Å². The summed E-state index contributed by atoms with van der Waals surface area (Å²) >= 11 is 0. The van der Waals surface area contributed by atoms with Gasteiger partial charge in [0.2, 0.25) is 5.88 Å². The Balaban J connectivity index is 1.62. The van der Waals surface area contributed by atoms with Crippen LogP contribution in [0.5, 0.6) is 11.6 Å². The number of carbonyl (C=O) groups excluding carboxylic acids is 1. The van der Waals surface area contributed by atoms with Crippen LogP contribution in [-0.4, -0.2) is 35.8 Å². The average Bonchev–Trinajstić information content (AvgIpc) is 2.94. The van der Waals surface area contributed by atoms with Gasteiger partial charge in [0.1, 0.15) is 18.0 Å². The molecule has 0 spiro atoms. The molecule has 0 saturated carbocycles. The van der Waals surface area contributed by atoms with Crippen LogP contribution >= 0.6 is 0 Å². The van der Waals surface area contributed by atoms with Crippen molar-refractivity contribution in [1.82, 2.24) is 10.0 Å². The van der Waals surface area contributed by atoms with Crippen LogP contribution in [0.3, 0.4) is 0 Å². The van der Waals surface area contributed by atoms with E-state index in [2.05, 4.69) is 30.2 Å². The largest absolute Gasteiger partial charge is 0.487 e. The molecule has 0 radical (unpaired) electrons. The molecule has 0 aliphatic carbocycles. The van der Waals surface area contributed by atoms with Crippen molar-refractivity contribution in [2.75, 3.05) is 19.5 Å². The van der Waals surface area contributed by atoms with Crippen molar-refractivity contribution in [3.05, 3.63) is 47.7 Å². The highest BCUT2D eigenvalue weighted by molar-refractivity contribution is 5.88. The van der Waals surface area contributed by atoms with E-state index in [4.69, 9.17) is 14.3 Å². The number of hydroxylamine groups is 2. The Bertz CT molecular complexity index is 790. The fourth-order valence-corrected chi connectivity index (χ4v) is 2.77. The molecule has 1 aromatic heterocycles. The van der Waals surface area contributed by atoms with Gasteiger partial charge in [0.15, 0.2) is 0 Å². The Hall–Kier alpha value is -2.80. The van der Waals surface area contributed by atoms with E-state index < -0.39 is 0 Å². The van der Waals surface area contributed by atoms with E-state index in [9.17, 15) is 4.79 Å². The number of amides is 2. The third-order valence-corrected chi connectivity index (χ3v) is 4.10. The summed E-state index contributed by atoms with van der Waals surface area (Å²) in [5, 5.41) is 3.75. The maximum Gasteiger partial charge on any atom is 0.345 e. The summed E-state index contributed by atoms with van der Waals surface area (Å²) in [6.07, 6.45) is 2.42. The van der Waals surface area contributed by atoms with Crippen molar-refractivity contribution < 1.29 is 19.1 Å². The molecular formula is C19H23N3O4. The van der Waals surface area contributed by atoms with Crippen molar-refractivity contribution in [2.45, 2.75) is 32.5 Å². The minimum atomic E-state index is -0.386. The van der Waals surface area contributed by atoms with E-state index in [0.717, 1.165) is 22.8 Å². The Morgan fingerprint density at radius 3 is 2.85 bits per heavy atom. The number of fused-ring (bicyclic) bond motifs is 1. The van der Waals surface area contributed by atoms with Crippen LogP contribution in [0.2, 0.25) is 0 Å². The van der Waals surface area contributed by atoms with Crippen molar-refractivity contribution in [3.63, 3.8) is 0 Å². The number of nitrogens with zero attached hydrogens (tertiary/aromatic N) is 2. The maximum atomic E-state index is 11.7. The van der Waals surface area contributed by atoms with Gasteiger partial charge in [-0.2, -0.15) is 0 Å². The number of urea groups is 1. The second kappa shape index (κ2) is 7.21. The van der Waals surface area contributed by atoms with Crippen LogP contribution in [0, 0.1) is 0 Å². The minimum Gasteiger partial charge on any atom is -0.487 e. The molecule has 0 atom stereocenters. The summed E-state index contributed by atoms with van der Waals surface area (Å²) in [5.41, 5.74) is 2.56. The SMILES string of the molecule is CON(C)C(=O)Nc1ccc(OCc2cccc3c2OC(C)(C)C3)nc1. The van der Waals surface area contributed by atoms with Crippen LogP contribution in [-0.2, 0) is 17.9 Å². The van der Waals surface area contributed by atoms with Gasteiger partial charge in [-0.25, -0.2) is 14.8 Å². The summed E-state index contributed by atoms with van der Waals surface area (Å²) in [7, 11) is 2.93.